The Morgan fingerprint density at radius 1 is 1.55 bits per heavy atom. The molecule has 0 aliphatic heterocycles. The molecule has 1 amide bonds. The Hall–Kier alpha value is -2.41. The molecule has 0 fully saturated rings. The van der Waals surface area contributed by atoms with Crippen molar-refractivity contribution in [1.82, 2.24) is 9.78 Å². The van der Waals surface area contributed by atoms with Gasteiger partial charge in [0.1, 0.15) is 5.02 Å². The van der Waals surface area contributed by atoms with Crippen molar-refractivity contribution in [2.45, 2.75) is 13.5 Å². The highest BCUT2D eigenvalue weighted by Gasteiger charge is 2.16. The Kier molecular flexibility index (Phi) is 3.99. The van der Waals surface area contributed by atoms with Gasteiger partial charge in [0.25, 0.3) is 11.6 Å². The van der Waals surface area contributed by atoms with Crippen LogP contribution in [-0.2, 0) is 6.54 Å². The van der Waals surface area contributed by atoms with E-state index < -0.39 is 10.8 Å². The van der Waals surface area contributed by atoms with Crippen molar-refractivity contribution in [3.8, 4) is 0 Å². The van der Waals surface area contributed by atoms with E-state index in [1.54, 1.807) is 10.9 Å². The molecule has 7 nitrogen and oxygen atoms in total. The molecule has 1 N–H and O–H groups in total. The number of carbonyl (C=O) groups is 1. The number of nitrogens with one attached hydrogen (secondary N) is 1. The van der Waals surface area contributed by atoms with Gasteiger partial charge < -0.3 is 5.32 Å². The molecule has 0 aliphatic rings. The van der Waals surface area contributed by atoms with Gasteiger partial charge in [0.15, 0.2) is 0 Å². The second-order valence-electron chi connectivity index (χ2n) is 3.96. The lowest BCUT2D eigenvalue weighted by molar-refractivity contribution is -0.384. The normalized spacial score (nSPS) is 10.3. The number of hydrogen-bond acceptors (Lipinski definition) is 4. The van der Waals surface area contributed by atoms with Crippen LogP contribution in [0.25, 0.3) is 0 Å². The van der Waals surface area contributed by atoms with Crippen molar-refractivity contribution in [2.75, 3.05) is 5.32 Å². The van der Waals surface area contributed by atoms with Crippen LogP contribution in [0.15, 0.2) is 30.6 Å². The van der Waals surface area contributed by atoms with Crippen LogP contribution in [0.2, 0.25) is 5.02 Å². The summed E-state index contributed by atoms with van der Waals surface area (Å²) >= 11 is 5.69. The maximum atomic E-state index is 12.0. The summed E-state index contributed by atoms with van der Waals surface area (Å²) in [5.74, 6) is -0.458. The molecule has 2 rings (SSSR count). The first-order chi connectivity index (χ1) is 9.51. The van der Waals surface area contributed by atoms with E-state index in [0.717, 1.165) is 6.07 Å². The summed E-state index contributed by atoms with van der Waals surface area (Å²) < 4.78 is 1.65. The third-order valence-electron chi connectivity index (χ3n) is 2.62. The third kappa shape index (κ3) is 2.94. The molecule has 0 saturated heterocycles. The number of benzene rings is 1. The van der Waals surface area contributed by atoms with Crippen LogP contribution in [0.1, 0.15) is 17.3 Å². The molecule has 20 heavy (non-hydrogen) atoms. The van der Waals surface area contributed by atoms with Crippen molar-refractivity contribution >= 4 is 28.9 Å². The van der Waals surface area contributed by atoms with E-state index >= 15 is 0 Å². The Morgan fingerprint density at radius 3 is 2.90 bits per heavy atom. The number of nitrogens with zero attached hydrogens (tertiary/aromatic N) is 3. The Bertz CT molecular complexity index is 668. The first kappa shape index (κ1) is 14.0. The monoisotopic (exact) mass is 294 g/mol. The zero-order valence-electron chi connectivity index (χ0n) is 10.5. The van der Waals surface area contributed by atoms with Gasteiger partial charge in [-0.25, -0.2) is 0 Å². The summed E-state index contributed by atoms with van der Waals surface area (Å²) in [6.07, 6.45) is 3.17. The molecule has 0 radical (unpaired) electrons. The Morgan fingerprint density at radius 2 is 2.30 bits per heavy atom. The molecule has 1 aromatic heterocycles. The molecule has 1 heterocycles. The van der Waals surface area contributed by atoms with Crippen LogP contribution >= 0.6 is 11.6 Å². The summed E-state index contributed by atoms with van der Waals surface area (Å²) in [4.78, 5) is 22.1. The highest BCUT2D eigenvalue weighted by atomic mass is 35.5. The van der Waals surface area contributed by atoms with Gasteiger partial charge in [0, 0.05) is 24.4 Å². The number of carbonyl (C=O) groups excluding carboxylic acids is 1. The first-order valence-corrected chi connectivity index (χ1v) is 6.16. The number of aromatic nitrogens is 2. The molecule has 8 heteroatoms. The van der Waals surface area contributed by atoms with Crippen molar-refractivity contribution in [3.63, 3.8) is 0 Å². The average Bonchev–Trinajstić information content (AvgIpc) is 2.86. The minimum absolute atomic E-state index is 0.00893. The fourth-order valence-electron chi connectivity index (χ4n) is 1.60. The zero-order chi connectivity index (χ0) is 14.7. The summed E-state index contributed by atoms with van der Waals surface area (Å²) in [7, 11) is 0. The molecular formula is C12H11ClN4O3. The predicted molar refractivity (Wildman–Crippen MR) is 74.0 cm³/mol. The largest absolute Gasteiger partial charge is 0.319 e. The topological polar surface area (TPSA) is 90.1 Å². The smallest absolute Gasteiger partial charge is 0.288 e. The van der Waals surface area contributed by atoms with Gasteiger partial charge in [-0.2, -0.15) is 5.10 Å². The number of nitro groups is 1. The zero-order valence-corrected chi connectivity index (χ0v) is 11.3. The quantitative estimate of drug-likeness (QED) is 0.693. The van der Waals surface area contributed by atoms with Crippen molar-refractivity contribution in [1.29, 1.82) is 0 Å². The van der Waals surface area contributed by atoms with Crippen LogP contribution in [0.4, 0.5) is 11.4 Å². The van der Waals surface area contributed by atoms with Gasteiger partial charge in [0.05, 0.1) is 16.8 Å². The molecule has 0 spiro atoms. The number of hydrogen-bond donors (Lipinski definition) is 1. The van der Waals surface area contributed by atoms with Crippen LogP contribution in [-0.4, -0.2) is 20.6 Å². The molecule has 2 aromatic rings. The number of amides is 1. The number of aryl methyl sites for hydroxylation is 1. The van der Waals surface area contributed by atoms with E-state index in [1.165, 1.54) is 18.3 Å². The average molecular weight is 295 g/mol. The van der Waals surface area contributed by atoms with E-state index in [0.29, 0.717) is 12.2 Å². The Labute approximate surface area is 119 Å². The second kappa shape index (κ2) is 5.70. The van der Waals surface area contributed by atoms with Gasteiger partial charge in [-0.05, 0) is 19.1 Å². The number of halogens is 1. The predicted octanol–water partition coefficient (Wildman–Crippen LogP) is 2.72. The van der Waals surface area contributed by atoms with Gasteiger partial charge in [-0.15, -0.1) is 0 Å². The van der Waals surface area contributed by atoms with E-state index in [2.05, 4.69) is 10.4 Å². The van der Waals surface area contributed by atoms with Crippen LogP contribution in [0.5, 0.6) is 0 Å². The van der Waals surface area contributed by atoms with Crippen LogP contribution in [0, 0.1) is 10.1 Å². The summed E-state index contributed by atoms with van der Waals surface area (Å²) in [5.41, 5.74) is 0.378. The highest BCUT2D eigenvalue weighted by Crippen LogP contribution is 2.25. The van der Waals surface area contributed by atoms with Gasteiger partial charge in [-0.3, -0.25) is 19.6 Å². The fraction of sp³-hybridized carbons (Fsp3) is 0.167. The van der Waals surface area contributed by atoms with Gasteiger partial charge in [-0.1, -0.05) is 11.6 Å². The molecule has 0 unspecified atom stereocenters. The molecular weight excluding hydrogens is 284 g/mol. The summed E-state index contributed by atoms with van der Waals surface area (Å²) in [6.45, 7) is 2.60. The number of rotatable bonds is 4. The molecule has 0 bridgehead atoms. The van der Waals surface area contributed by atoms with E-state index in [9.17, 15) is 14.9 Å². The van der Waals surface area contributed by atoms with E-state index in [1.807, 2.05) is 6.92 Å². The maximum absolute atomic E-state index is 12.0. The van der Waals surface area contributed by atoms with Gasteiger partial charge >= 0.3 is 0 Å². The summed E-state index contributed by atoms with van der Waals surface area (Å²) in [6, 6.07) is 3.89. The van der Waals surface area contributed by atoms with E-state index in [-0.39, 0.29) is 16.3 Å². The molecule has 0 aliphatic carbocycles. The lowest BCUT2D eigenvalue weighted by Gasteiger charge is -2.03. The highest BCUT2D eigenvalue weighted by molar-refractivity contribution is 6.32. The SMILES string of the molecule is CCn1cc(NC(=O)c2ccc(Cl)c([N+](=O)[O-])c2)cn1. The van der Waals surface area contributed by atoms with Crippen LogP contribution in [0.3, 0.4) is 0 Å². The molecule has 0 atom stereocenters. The van der Waals surface area contributed by atoms with Crippen molar-refractivity contribution < 1.29 is 9.72 Å². The second-order valence-corrected chi connectivity index (χ2v) is 4.37. The number of anilines is 1. The third-order valence-corrected chi connectivity index (χ3v) is 2.94. The minimum atomic E-state index is -0.631. The number of nitro benzene ring substituents is 1. The van der Waals surface area contributed by atoms with Crippen LogP contribution < -0.4 is 5.32 Å². The van der Waals surface area contributed by atoms with Gasteiger partial charge in [0.2, 0.25) is 0 Å². The summed E-state index contributed by atoms with van der Waals surface area (Å²) in [5, 5.41) is 17.4. The van der Waals surface area contributed by atoms with Crippen molar-refractivity contribution in [3.05, 3.63) is 51.3 Å². The standard InChI is InChI=1S/C12H11ClN4O3/c1-2-16-7-9(6-14-16)15-12(18)8-3-4-10(13)11(5-8)17(19)20/h3-7H,2H2,1H3,(H,15,18). The lowest BCUT2D eigenvalue weighted by atomic mass is 10.2. The Balaban J connectivity index is 2.21. The van der Waals surface area contributed by atoms with E-state index in [4.69, 9.17) is 11.6 Å². The fourth-order valence-corrected chi connectivity index (χ4v) is 1.78. The first-order valence-electron chi connectivity index (χ1n) is 5.79. The van der Waals surface area contributed by atoms with Crippen molar-refractivity contribution in [2.24, 2.45) is 0 Å². The maximum Gasteiger partial charge on any atom is 0.288 e. The minimum Gasteiger partial charge on any atom is -0.319 e. The molecule has 1 aromatic carbocycles. The lowest BCUT2D eigenvalue weighted by Crippen LogP contribution is -2.11. The molecule has 104 valence electrons. The molecule has 0 saturated carbocycles.